The van der Waals surface area contributed by atoms with E-state index in [0.29, 0.717) is 13.2 Å². The van der Waals surface area contributed by atoms with Gasteiger partial charge in [-0.1, -0.05) is 18.2 Å². The van der Waals surface area contributed by atoms with Crippen molar-refractivity contribution in [3.63, 3.8) is 0 Å². The maximum absolute atomic E-state index is 10.5. The van der Waals surface area contributed by atoms with Gasteiger partial charge in [0.05, 0.1) is 0 Å². The van der Waals surface area contributed by atoms with Gasteiger partial charge in [0.2, 0.25) is 0 Å². The lowest BCUT2D eigenvalue weighted by Crippen LogP contribution is -2.60. The number of nitrogens with zero attached hydrogens (tertiary/aromatic N) is 1. The summed E-state index contributed by atoms with van der Waals surface area (Å²) in [7, 11) is 0. The number of aliphatic hydroxyl groups is 1. The maximum atomic E-state index is 10.5. The molecule has 0 aromatic heterocycles. The van der Waals surface area contributed by atoms with Gasteiger partial charge in [0.1, 0.15) is 18.5 Å². The van der Waals surface area contributed by atoms with Gasteiger partial charge in [0.25, 0.3) is 0 Å². The molecule has 1 N–H and O–H groups in total. The lowest BCUT2D eigenvalue weighted by molar-refractivity contribution is -0.0607. The lowest BCUT2D eigenvalue weighted by Gasteiger charge is -2.53. The summed E-state index contributed by atoms with van der Waals surface area (Å²) in [6.07, 6.45) is 3.15. The van der Waals surface area contributed by atoms with Crippen LogP contribution in [0.4, 0.5) is 0 Å². The van der Waals surface area contributed by atoms with Crippen LogP contribution in [0.15, 0.2) is 24.3 Å². The number of rotatable bonds is 5. The fourth-order valence-electron chi connectivity index (χ4n) is 3.70. The fraction of sp³-hybridized carbons (Fsp3) is 0.684. The van der Waals surface area contributed by atoms with Crippen molar-refractivity contribution in [2.45, 2.75) is 71.1 Å². The van der Waals surface area contributed by atoms with Gasteiger partial charge < -0.3 is 9.84 Å². The van der Waals surface area contributed by atoms with Crippen LogP contribution in [0.25, 0.3) is 0 Å². The molecule has 1 heterocycles. The standard InChI is InChI=1S/C19H31NO2.ClH/c1-15-9-6-7-10-17(15)22-14-16(21)13-20-18(2,3)11-8-12-19(20,4)5;/h6-7,9-10,16,21H,8,11-14H2,1-5H3;1H. The molecule has 1 aliphatic rings. The predicted octanol–water partition coefficient (Wildman–Crippen LogP) is 4.20. The monoisotopic (exact) mass is 341 g/mol. The second kappa shape index (κ2) is 7.87. The van der Waals surface area contributed by atoms with Crippen LogP contribution in [0.5, 0.6) is 5.75 Å². The molecule has 1 aromatic rings. The summed E-state index contributed by atoms with van der Waals surface area (Å²) >= 11 is 0. The van der Waals surface area contributed by atoms with Crippen LogP contribution in [-0.4, -0.2) is 40.3 Å². The normalized spacial score (nSPS) is 21.3. The summed E-state index contributed by atoms with van der Waals surface area (Å²) < 4.78 is 5.80. The average Bonchev–Trinajstić information content (AvgIpc) is 2.42. The Morgan fingerprint density at radius 2 is 1.70 bits per heavy atom. The van der Waals surface area contributed by atoms with E-state index >= 15 is 0 Å². The summed E-state index contributed by atoms with van der Waals surface area (Å²) in [5.41, 5.74) is 1.37. The van der Waals surface area contributed by atoms with Gasteiger partial charge in [0.15, 0.2) is 0 Å². The number of aryl methyl sites for hydroxylation is 1. The molecule has 0 spiro atoms. The number of hydrogen-bond acceptors (Lipinski definition) is 3. The molecule has 3 nitrogen and oxygen atoms in total. The Hall–Kier alpha value is -0.770. The summed E-state index contributed by atoms with van der Waals surface area (Å²) in [5.74, 6) is 0.860. The van der Waals surface area contributed by atoms with Crippen LogP contribution >= 0.6 is 12.4 Å². The SMILES string of the molecule is Cc1ccccc1OCC(O)CN1C(C)(C)CCCC1(C)C.Cl. The molecule has 23 heavy (non-hydrogen) atoms. The fourth-order valence-corrected chi connectivity index (χ4v) is 3.70. The van der Waals surface area contributed by atoms with Gasteiger partial charge in [-0.2, -0.15) is 0 Å². The van der Waals surface area contributed by atoms with Crippen molar-refractivity contribution >= 4 is 12.4 Å². The van der Waals surface area contributed by atoms with Crippen molar-refractivity contribution in [3.05, 3.63) is 29.8 Å². The molecule has 0 aliphatic carbocycles. The van der Waals surface area contributed by atoms with Crippen LogP contribution in [-0.2, 0) is 0 Å². The molecule has 1 unspecified atom stereocenters. The molecule has 1 aliphatic heterocycles. The minimum absolute atomic E-state index is 0. The van der Waals surface area contributed by atoms with E-state index in [4.69, 9.17) is 4.74 Å². The van der Waals surface area contributed by atoms with Crippen LogP contribution in [0.1, 0.15) is 52.5 Å². The number of β-amino-alcohol motifs (C(OH)–C–C–N with tert-alkyl or cyclic N) is 1. The first-order valence-electron chi connectivity index (χ1n) is 8.37. The largest absolute Gasteiger partial charge is 0.491 e. The van der Waals surface area contributed by atoms with Gasteiger partial charge in [-0.15, -0.1) is 12.4 Å². The molecule has 1 saturated heterocycles. The molecule has 2 rings (SSSR count). The Kier molecular flexibility index (Phi) is 6.94. The second-order valence-electron chi connectivity index (χ2n) is 7.82. The number of likely N-dealkylation sites (tertiary alicyclic amines) is 1. The number of ether oxygens (including phenoxy) is 1. The van der Waals surface area contributed by atoms with Gasteiger partial charge >= 0.3 is 0 Å². The Morgan fingerprint density at radius 1 is 1.13 bits per heavy atom. The van der Waals surface area contributed by atoms with Gasteiger partial charge in [-0.3, -0.25) is 4.90 Å². The Bertz CT molecular complexity index is 486. The first-order chi connectivity index (χ1) is 10.2. The smallest absolute Gasteiger partial charge is 0.122 e. The molecule has 132 valence electrons. The van der Waals surface area contributed by atoms with Crippen molar-refractivity contribution < 1.29 is 9.84 Å². The molecule has 0 radical (unpaired) electrons. The molecule has 1 fully saturated rings. The van der Waals surface area contributed by atoms with E-state index in [0.717, 1.165) is 11.3 Å². The second-order valence-corrected chi connectivity index (χ2v) is 7.82. The molecular weight excluding hydrogens is 310 g/mol. The van der Waals surface area contributed by atoms with E-state index in [-0.39, 0.29) is 23.5 Å². The van der Waals surface area contributed by atoms with Crippen molar-refractivity contribution in [1.29, 1.82) is 0 Å². The van der Waals surface area contributed by atoms with Crippen molar-refractivity contribution in [1.82, 2.24) is 4.90 Å². The lowest BCUT2D eigenvalue weighted by atomic mass is 9.79. The third-order valence-corrected chi connectivity index (χ3v) is 4.96. The van der Waals surface area contributed by atoms with Crippen LogP contribution in [0, 0.1) is 6.92 Å². The van der Waals surface area contributed by atoms with Crippen LogP contribution in [0.2, 0.25) is 0 Å². The van der Waals surface area contributed by atoms with Crippen LogP contribution in [0.3, 0.4) is 0 Å². The Morgan fingerprint density at radius 3 is 2.26 bits per heavy atom. The zero-order valence-electron chi connectivity index (χ0n) is 15.1. The third-order valence-electron chi connectivity index (χ3n) is 4.96. The molecule has 1 atom stereocenters. The summed E-state index contributed by atoms with van der Waals surface area (Å²) in [6.45, 7) is 12.1. The number of hydrogen-bond donors (Lipinski definition) is 1. The van der Waals surface area contributed by atoms with Gasteiger partial charge in [0, 0.05) is 17.6 Å². The molecule has 0 bridgehead atoms. The topological polar surface area (TPSA) is 32.7 Å². The molecule has 0 saturated carbocycles. The summed E-state index contributed by atoms with van der Waals surface area (Å²) in [5, 5.41) is 10.5. The van der Waals surface area contributed by atoms with E-state index in [1.807, 2.05) is 31.2 Å². The maximum Gasteiger partial charge on any atom is 0.122 e. The Balaban J connectivity index is 0.00000264. The molecule has 4 heteroatoms. The first kappa shape index (κ1) is 20.3. The van der Waals surface area contributed by atoms with Crippen LogP contribution < -0.4 is 4.74 Å². The van der Waals surface area contributed by atoms with Gasteiger partial charge in [-0.25, -0.2) is 0 Å². The minimum atomic E-state index is -0.476. The van der Waals surface area contributed by atoms with Crippen molar-refractivity contribution in [2.75, 3.05) is 13.2 Å². The first-order valence-corrected chi connectivity index (χ1v) is 8.37. The highest BCUT2D eigenvalue weighted by Gasteiger charge is 2.41. The molecule has 0 amide bonds. The Labute approximate surface area is 147 Å². The van der Waals surface area contributed by atoms with E-state index < -0.39 is 6.10 Å². The highest BCUT2D eigenvalue weighted by atomic mass is 35.5. The third kappa shape index (κ3) is 5.10. The molecule has 1 aromatic carbocycles. The zero-order valence-corrected chi connectivity index (χ0v) is 15.9. The number of para-hydroxylation sites is 1. The number of benzene rings is 1. The average molecular weight is 342 g/mol. The number of halogens is 1. The zero-order chi connectivity index (χ0) is 16.4. The summed E-state index contributed by atoms with van der Waals surface area (Å²) in [6, 6.07) is 7.94. The van der Waals surface area contributed by atoms with Crippen molar-refractivity contribution in [2.24, 2.45) is 0 Å². The number of aliphatic hydroxyl groups excluding tert-OH is 1. The van der Waals surface area contributed by atoms with E-state index in [1.165, 1.54) is 19.3 Å². The van der Waals surface area contributed by atoms with E-state index in [2.05, 4.69) is 32.6 Å². The minimum Gasteiger partial charge on any atom is -0.491 e. The highest BCUT2D eigenvalue weighted by Crippen LogP contribution is 2.38. The number of piperidine rings is 1. The highest BCUT2D eigenvalue weighted by molar-refractivity contribution is 5.85. The van der Waals surface area contributed by atoms with Crippen molar-refractivity contribution in [3.8, 4) is 5.75 Å². The summed E-state index contributed by atoms with van der Waals surface area (Å²) in [4.78, 5) is 2.45. The van der Waals surface area contributed by atoms with E-state index in [1.54, 1.807) is 0 Å². The van der Waals surface area contributed by atoms with Gasteiger partial charge in [-0.05, 0) is 65.5 Å². The van der Waals surface area contributed by atoms with E-state index in [9.17, 15) is 5.11 Å². The molecular formula is C19H32ClNO2. The predicted molar refractivity (Wildman–Crippen MR) is 98.6 cm³/mol. The quantitative estimate of drug-likeness (QED) is 0.871.